The van der Waals surface area contributed by atoms with Crippen LogP contribution in [0, 0.1) is 0 Å². The smallest absolute Gasteiger partial charge is 0.354 e. The van der Waals surface area contributed by atoms with Crippen LogP contribution in [0.1, 0.15) is 20.3 Å². The highest BCUT2D eigenvalue weighted by Gasteiger charge is 2.49. The molecule has 17 heavy (non-hydrogen) atoms. The van der Waals surface area contributed by atoms with Crippen molar-refractivity contribution >= 4 is 23.5 Å². The van der Waals surface area contributed by atoms with Crippen LogP contribution >= 0.6 is 11.6 Å². The number of alkyl halides is 1. The summed E-state index contributed by atoms with van der Waals surface area (Å²) >= 11 is 5.92. The molecule has 0 aromatic rings. The summed E-state index contributed by atoms with van der Waals surface area (Å²) in [5.41, 5.74) is 1.00. The molecular weight excluding hydrogens is 242 g/mol. The summed E-state index contributed by atoms with van der Waals surface area (Å²) in [6, 6.07) is -0.217. The summed E-state index contributed by atoms with van der Waals surface area (Å²) in [6.45, 7) is 7.13. The maximum atomic E-state index is 11.7. The molecule has 0 aliphatic carbocycles. The summed E-state index contributed by atoms with van der Waals surface area (Å²) in [5.74, 6) is -0.781. The molecule has 1 saturated heterocycles. The first kappa shape index (κ1) is 13.8. The SMILES string of the molecule is C=CC[C@@H]1C(Cl)C(=O)N1C(C(=O)OC)=C(C)C. The topological polar surface area (TPSA) is 46.6 Å². The van der Waals surface area contributed by atoms with Gasteiger partial charge < -0.3 is 4.74 Å². The van der Waals surface area contributed by atoms with E-state index in [1.807, 2.05) is 0 Å². The largest absolute Gasteiger partial charge is 0.464 e. The third kappa shape index (κ3) is 2.36. The zero-order chi connectivity index (χ0) is 13.2. The fraction of sp³-hybridized carbons (Fsp3) is 0.500. The van der Waals surface area contributed by atoms with Crippen molar-refractivity contribution < 1.29 is 14.3 Å². The lowest BCUT2D eigenvalue weighted by atomic mass is 9.95. The molecule has 5 heteroatoms. The predicted octanol–water partition coefficient (Wildman–Crippen LogP) is 1.85. The van der Waals surface area contributed by atoms with Gasteiger partial charge >= 0.3 is 5.97 Å². The maximum absolute atomic E-state index is 11.7. The maximum Gasteiger partial charge on any atom is 0.354 e. The van der Waals surface area contributed by atoms with Crippen molar-refractivity contribution in [2.75, 3.05) is 7.11 Å². The Hall–Kier alpha value is -1.29. The zero-order valence-corrected chi connectivity index (χ0v) is 11.0. The Balaban J connectivity index is 3.04. The van der Waals surface area contributed by atoms with Crippen molar-refractivity contribution in [1.29, 1.82) is 0 Å². The molecule has 1 heterocycles. The first-order valence-electron chi connectivity index (χ1n) is 5.29. The van der Waals surface area contributed by atoms with E-state index in [2.05, 4.69) is 11.3 Å². The van der Waals surface area contributed by atoms with Crippen LogP contribution in [-0.2, 0) is 14.3 Å². The molecule has 4 nitrogen and oxygen atoms in total. The average Bonchev–Trinajstić information content (AvgIpc) is 2.31. The molecular formula is C12H16ClNO3. The molecule has 1 aliphatic heterocycles. The lowest BCUT2D eigenvalue weighted by molar-refractivity contribution is -0.149. The summed E-state index contributed by atoms with van der Waals surface area (Å²) in [6.07, 6.45) is 2.23. The lowest BCUT2D eigenvalue weighted by Crippen LogP contribution is -2.62. The van der Waals surface area contributed by atoms with Gasteiger partial charge in [-0.05, 0) is 25.8 Å². The van der Waals surface area contributed by atoms with Gasteiger partial charge in [-0.2, -0.15) is 0 Å². The number of carbonyl (C=O) groups is 2. The highest BCUT2D eigenvalue weighted by Crippen LogP contribution is 2.33. The minimum Gasteiger partial charge on any atom is -0.464 e. The standard InChI is InChI=1S/C12H16ClNO3/c1-5-6-8-9(13)11(15)14(8)10(7(2)3)12(16)17-4/h5,8-9H,1,6H2,2-4H3/t8-,9?/m1/s1. The number of amides is 1. The predicted molar refractivity (Wildman–Crippen MR) is 65.5 cm³/mol. The van der Waals surface area contributed by atoms with Gasteiger partial charge in [0.15, 0.2) is 0 Å². The number of likely N-dealkylation sites (tertiary alicyclic amines) is 1. The van der Waals surface area contributed by atoms with Crippen LogP contribution in [0.2, 0.25) is 0 Å². The van der Waals surface area contributed by atoms with E-state index >= 15 is 0 Å². The Morgan fingerprint density at radius 2 is 2.18 bits per heavy atom. The normalized spacial score (nSPS) is 22.8. The fourth-order valence-electron chi connectivity index (χ4n) is 1.82. The Morgan fingerprint density at radius 1 is 1.59 bits per heavy atom. The Kier molecular flexibility index (Phi) is 4.34. The second kappa shape index (κ2) is 5.36. The second-order valence-electron chi connectivity index (χ2n) is 4.04. The molecule has 0 aromatic carbocycles. The van der Waals surface area contributed by atoms with E-state index in [1.165, 1.54) is 12.0 Å². The number of rotatable bonds is 4. The highest BCUT2D eigenvalue weighted by molar-refractivity contribution is 6.34. The Bertz CT molecular complexity index is 385. The number of halogens is 1. The van der Waals surface area contributed by atoms with Gasteiger partial charge in [0.1, 0.15) is 11.1 Å². The quantitative estimate of drug-likeness (QED) is 0.254. The van der Waals surface area contributed by atoms with Crippen molar-refractivity contribution in [3.63, 3.8) is 0 Å². The van der Waals surface area contributed by atoms with Gasteiger partial charge in [-0.25, -0.2) is 4.79 Å². The molecule has 2 atom stereocenters. The van der Waals surface area contributed by atoms with Crippen LogP contribution in [-0.4, -0.2) is 35.3 Å². The number of nitrogens with zero attached hydrogens (tertiary/aromatic N) is 1. The summed E-state index contributed by atoms with van der Waals surface area (Å²) in [5, 5.41) is -0.591. The number of β-lactam (4-membered cyclic amide) rings is 1. The zero-order valence-electron chi connectivity index (χ0n) is 10.2. The van der Waals surface area contributed by atoms with Crippen molar-refractivity contribution in [1.82, 2.24) is 4.90 Å². The molecule has 0 N–H and O–H groups in total. The summed E-state index contributed by atoms with van der Waals surface area (Å²) < 4.78 is 4.68. The number of hydrogen-bond donors (Lipinski definition) is 0. The molecule has 1 amide bonds. The molecule has 1 unspecified atom stereocenters. The van der Waals surface area contributed by atoms with Gasteiger partial charge in [-0.3, -0.25) is 9.69 Å². The molecule has 94 valence electrons. The van der Waals surface area contributed by atoms with Crippen LogP contribution in [0.5, 0.6) is 0 Å². The average molecular weight is 258 g/mol. The molecule has 0 radical (unpaired) electrons. The monoisotopic (exact) mass is 257 g/mol. The van der Waals surface area contributed by atoms with E-state index < -0.39 is 11.3 Å². The minimum absolute atomic E-state index is 0.217. The molecule has 1 fully saturated rings. The first-order chi connectivity index (χ1) is 7.95. The summed E-state index contributed by atoms with van der Waals surface area (Å²) in [4.78, 5) is 24.8. The van der Waals surface area contributed by atoms with E-state index in [-0.39, 0.29) is 17.6 Å². The van der Waals surface area contributed by atoms with E-state index in [0.717, 1.165) is 5.57 Å². The Morgan fingerprint density at radius 3 is 2.59 bits per heavy atom. The second-order valence-corrected chi connectivity index (χ2v) is 4.51. The fourth-order valence-corrected chi connectivity index (χ4v) is 2.14. The van der Waals surface area contributed by atoms with E-state index in [0.29, 0.717) is 6.42 Å². The number of methoxy groups -OCH3 is 1. The van der Waals surface area contributed by atoms with Gasteiger partial charge in [0.25, 0.3) is 0 Å². The molecule has 1 aliphatic rings. The van der Waals surface area contributed by atoms with Gasteiger partial charge in [0, 0.05) is 0 Å². The molecule has 1 rings (SSSR count). The highest BCUT2D eigenvalue weighted by atomic mass is 35.5. The number of allylic oxidation sites excluding steroid dienone is 1. The number of hydrogen-bond acceptors (Lipinski definition) is 3. The lowest BCUT2D eigenvalue weighted by Gasteiger charge is -2.44. The van der Waals surface area contributed by atoms with Crippen LogP contribution in [0.25, 0.3) is 0 Å². The first-order valence-corrected chi connectivity index (χ1v) is 5.73. The van der Waals surface area contributed by atoms with Crippen molar-refractivity contribution in [2.45, 2.75) is 31.7 Å². The third-order valence-corrected chi connectivity index (χ3v) is 3.12. The van der Waals surface area contributed by atoms with E-state index in [1.54, 1.807) is 19.9 Å². The molecule has 0 bridgehead atoms. The van der Waals surface area contributed by atoms with Crippen LogP contribution in [0.3, 0.4) is 0 Å². The van der Waals surface area contributed by atoms with Crippen molar-refractivity contribution in [2.24, 2.45) is 0 Å². The van der Waals surface area contributed by atoms with E-state index in [9.17, 15) is 9.59 Å². The van der Waals surface area contributed by atoms with Crippen LogP contribution in [0.4, 0.5) is 0 Å². The molecule has 0 saturated carbocycles. The van der Waals surface area contributed by atoms with Gasteiger partial charge in [-0.15, -0.1) is 18.2 Å². The molecule has 0 aromatic heterocycles. The van der Waals surface area contributed by atoms with Crippen LogP contribution < -0.4 is 0 Å². The van der Waals surface area contributed by atoms with Gasteiger partial charge in [0.05, 0.1) is 13.2 Å². The molecule has 0 spiro atoms. The summed E-state index contributed by atoms with van der Waals surface area (Å²) in [7, 11) is 1.29. The third-order valence-electron chi connectivity index (χ3n) is 2.64. The van der Waals surface area contributed by atoms with Crippen molar-refractivity contribution in [3.8, 4) is 0 Å². The van der Waals surface area contributed by atoms with E-state index in [4.69, 9.17) is 11.6 Å². The van der Waals surface area contributed by atoms with Gasteiger partial charge in [-0.1, -0.05) is 6.08 Å². The minimum atomic E-state index is -0.591. The number of ether oxygens (including phenoxy) is 1. The van der Waals surface area contributed by atoms with Crippen LogP contribution in [0.15, 0.2) is 23.9 Å². The Labute approximate surface area is 106 Å². The van der Waals surface area contributed by atoms with Gasteiger partial charge in [0.2, 0.25) is 5.91 Å². The van der Waals surface area contributed by atoms with Crippen molar-refractivity contribution in [3.05, 3.63) is 23.9 Å². The number of esters is 1. The number of carbonyl (C=O) groups excluding carboxylic acids is 2.